The van der Waals surface area contributed by atoms with Gasteiger partial charge in [-0.15, -0.1) is 0 Å². The Morgan fingerprint density at radius 2 is 2.29 bits per heavy atom. The molecule has 1 aliphatic rings. The summed E-state index contributed by atoms with van der Waals surface area (Å²) in [5.74, 6) is -0.497. The lowest BCUT2D eigenvalue weighted by Gasteiger charge is -2.14. The van der Waals surface area contributed by atoms with E-state index in [4.69, 9.17) is 9.84 Å². The number of rotatable bonds is 6. The molecule has 1 saturated heterocycles. The summed E-state index contributed by atoms with van der Waals surface area (Å²) in [6.45, 7) is 3.83. The van der Waals surface area contributed by atoms with Crippen LogP contribution >= 0.6 is 0 Å². The Balaban J connectivity index is 2.13. The molecule has 0 aliphatic carbocycles. The molecule has 0 bridgehead atoms. The Kier molecular flexibility index (Phi) is 5.76. The fraction of sp³-hybridized carbons (Fsp3) is 0.818. The van der Waals surface area contributed by atoms with Crippen LogP contribution in [-0.4, -0.2) is 42.9 Å². The number of urea groups is 1. The van der Waals surface area contributed by atoms with Gasteiger partial charge in [0, 0.05) is 19.8 Å². The number of hydrogen-bond acceptors (Lipinski definition) is 3. The predicted octanol–water partition coefficient (Wildman–Crippen LogP) is 0.575. The van der Waals surface area contributed by atoms with Gasteiger partial charge in [-0.3, -0.25) is 0 Å². The number of hydrogen-bond donors (Lipinski definition) is 3. The standard InChI is InChI=1S/C11H20N2O4/c1-2-9(10(14)15)13-11(16)12-5-3-8-4-6-17-7-8/h8-9H,2-7H2,1H3,(H,14,15)(H2,12,13,16)/t8?,9-/m1/s1. The van der Waals surface area contributed by atoms with E-state index >= 15 is 0 Å². The van der Waals surface area contributed by atoms with Crippen molar-refractivity contribution in [1.29, 1.82) is 0 Å². The maximum absolute atomic E-state index is 11.4. The summed E-state index contributed by atoms with van der Waals surface area (Å²) in [4.78, 5) is 22.1. The van der Waals surface area contributed by atoms with Crippen LogP contribution in [0.4, 0.5) is 4.79 Å². The normalized spacial score (nSPS) is 20.9. The van der Waals surface area contributed by atoms with Crippen molar-refractivity contribution in [3.05, 3.63) is 0 Å². The number of amides is 2. The highest BCUT2D eigenvalue weighted by Crippen LogP contribution is 2.14. The summed E-state index contributed by atoms with van der Waals surface area (Å²) in [6.07, 6.45) is 2.28. The first kappa shape index (κ1) is 13.8. The van der Waals surface area contributed by atoms with Crippen molar-refractivity contribution in [2.45, 2.75) is 32.2 Å². The van der Waals surface area contributed by atoms with Gasteiger partial charge in [-0.1, -0.05) is 6.92 Å². The van der Waals surface area contributed by atoms with Crippen molar-refractivity contribution >= 4 is 12.0 Å². The van der Waals surface area contributed by atoms with Gasteiger partial charge in [0.1, 0.15) is 6.04 Å². The van der Waals surface area contributed by atoms with E-state index in [0.717, 1.165) is 26.1 Å². The monoisotopic (exact) mass is 244 g/mol. The first-order valence-corrected chi connectivity index (χ1v) is 5.98. The van der Waals surface area contributed by atoms with Crippen molar-refractivity contribution in [1.82, 2.24) is 10.6 Å². The quantitative estimate of drug-likeness (QED) is 0.637. The zero-order chi connectivity index (χ0) is 12.7. The summed E-state index contributed by atoms with van der Waals surface area (Å²) in [5, 5.41) is 13.8. The van der Waals surface area contributed by atoms with Gasteiger partial charge < -0.3 is 20.5 Å². The maximum Gasteiger partial charge on any atom is 0.326 e. The van der Waals surface area contributed by atoms with Crippen molar-refractivity contribution in [3.63, 3.8) is 0 Å². The molecule has 0 radical (unpaired) electrons. The highest BCUT2D eigenvalue weighted by molar-refractivity contribution is 5.82. The van der Waals surface area contributed by atoms with Gasteiger partial charge in [0.15, 0.2) is 0 Å². The van der Waals surface area contributed by atoms with Crippen molar-refractivity contribution in [2.75, 3.05) is 19.8 Å². The molecule has 3 N–H and O–H groups in total. The number of carboxylic acid groups (broad SMARTS) is 1. The van der Waals surface area contributed by atoms with Crippen LogP contribution in [0, 0.1) is 5.92 Å². The average Bonchev–Trinajstić information content (AvgIpc) is 2.78. The summed E-state index contributed by atoms with van der Waals surface area (Å²) < 4.78 is 5.22. The lowest BCUT2D eigenvalue weighted by Crippen LogP contribution is -2.46. The van der Waals surface area contributed by atoms with Crippen LogP contribution in [0.15, 0.2) is 0 Å². The molecule has 0 aromatic rings. The molecule has 98 valence electrons. The third kappa shape index (κ3) is 5.04. The van der Waals surface area contributed by atoms with Crippen LogP contribution in [0.3, 0.4) is 0 Å². The maximum atomic E-state index is 11.4. The first-order chi connectivity index (χ1) is 8.13. The topological polar surface area (TPSA) is 87.7 Å². The van der Waals surface area contributed by atoms with Crippen LogP contribution in [0.1, 0.15) is 26.2 Å². The van der Waals surface area contributed by atoms with E-state index in [1.165, 1.54) is 0 Å². The van der Waals surface area contributed by atoms with E-state index in [1.54, 1.807) is 6.92 Å². The van der Waals surface area contributed by atoms with Crippen LogP contribution in [0.25, 0.3) is 0 Å². The van der Waals surface area contributed by atoms with Gasteiger partial charge in [-0.2, -0.15) is 0 Å². The third-order valence-electron chi connectivity index (χ3n) is 2.87. The predicted molar refractivity (Wildman–Crippen MR) is 61.8 cm³/mol. The molecule has 0 spiro atoms. The Labute approximate surface area is 101 Å². The number of carbonyl (C=O) groups is 2. The average molecular weight is 244 g/mol. The summed E-state index contributed by atoms with van der Waals surface area (Å²) in [7, 11) is 0. The number of nitrogens with one attached hydrogen (secondary N) is 2. The first-order valence-electron chi connectivity index (χ1n) is 5.98. The van der Waals surface area contributed by atoms with Crippen molar-refractivity contribution < 1.29 is 19.4 Å². The summed E-state index contributed by atoms with van der Waals surface area (Å²) in [6, 6.07) is -1.23. The number of carbonyl (C=O) groups excluding carboxylic acids is 1. The smallest absolute Gasteiger partial charge is 0.326 e. The van der Waals surface area contributed by atoms with Crippen molar-refractivity contribution in [2.24, 2.45) is 5.92 Å². The van der Waals surface area contributed by atoms with E-state index < -0.39 is 18.0 Å². The van der Waals surface area contributed by atoms with Gasteiger partial charge in [0.25, 0.3) is 0 Å². The Morgan fingerprint density at radius 1 is 1.53 bits per heavy atom. The van der Waals surface area contributed by atoms with Gasteiger partial charge in [0.2, 0.25) is 0 Å². The van der Waals surface area contributed by atoms with Crippen molar-refractivity contribution in [3.8, 4) is 0 Å². The lowest BCUT2D eigenvalue weighted by molar-refractivity contribution is -0.139. The van der Waals surface area contributed by atoms with Gasteiger partial charge in [0.05, 0.1) is 0 Å². The molecular formula is C11H20N2O4. The van der Waals surface area contributed by atoms with Crippen LogP contribution in [0.2, 0.25) is 0 Å². The second-order valence-electron chi connectivity index (χ2n) is 4.22. The van der Waals surface area contributed by atoms with Crippen LogP contribution in [-0.2, 0) is 9.53 Å². The second-order valence-corrected chi connectivity index (χ2v) is 4.22. The second kappa shape index (κ2) is 7.11. The minimum atomic E-state index is -1.01. The minimum Gasteiger partial charge on any atom is -0.480 e. The van der Waals surface area contributed by atoms with Gasteiger partial charge in [-0.05, 0) is 25.2 Å². The van der Waals surface area contributed by atoms with E-state index in [0.29, 0.717) is 18.9 Å². The van der Waals surface area contributed by atoms with E-state index in [1.807, 2.05) is 0 Å². The fourth-order valence-corrected chi connectivity index (χ4v) is 1.75. The largest absolute Gasteiger partial charge is 0.480 e. The van der Waals surface area contributed by atoms with E-state index in [2.05, 4.69) is 10.6 Å². The fourth-order valence-electron chi connectivity index (χ4n) is 1.75. The Bertz CT molecular complexity index is 264. The SMILES string of the molecule is CC[C@@H](NC(=O)NCCC1CCOC1)C(=O)O. The van der Waals surface area contributed by atoms with E-state index in [-0.39, 0.29) is 0 Å². The molecule has 6 heteroatoms. The molecule has 2 amide bonds. The molecule has 1 fully saturated rings. The zero-order valence-electron chi connectivity index (χ0n) is 10.1. The highest BCUT2D eigenvalue weighted by Gasteiger charge is 2.18. The lowest BCUT2D eigenvalue weighted by atomic mass is 10.1. The highest BCUT2D eigenvalue weighted by atomic mass is 16.5. The van der Waals surface area contributed by atoms with E-state index in [9.17, 15) is 9.59 Å². The summed E-state index contributed by atoms with van der Waals surface area (Å²) in [5.41, 5.74) is 0. The molecule has 1 rings (SSSR count). The minimum absolute atomic E-state index is 0.374. The summed E-state index contributed by atoms with van der Waals surface area (Å²) >= 11 is 0. The number of aliphatic carboxylic acids is 1. The Morgan fingerprint density at radius 3 is 2.82 bits per heavy atom. The zero-order valence-corrected chi connectivity index (χ0v) is 10.1. The van der Waals surface area contributed by atoms with Crippen LogP contribution in [0.5, 0.6) is 0 Å². The molecule has 0 saturated carbocycles. The molecule has 2 atom stereocenters. The molecule has 0 aromatic heterocycles. The molecule has 17 heavy (non-hydrogen) atoms. The molecule has 0 aromatic carbocycles. The van der Waals surface area contributed by atoms with Gasteiger partial charge >= 0.3 is 12.0 Å². The molecular weight excluding hydrogens is 224 g/mol. The van der Waals surface area contributed by atoms with Crippen LogP contribution < -0.4 is 10.6 Å². The molecule has 1 aliphatic heterocycles. The number of ether oxygens (including phenoxy) is 1. The van der Waals surface area contributed by atoms with Gasteiger partial charge in [-0.25, -0.2) is 9.59 Å². The third-order valence-corrected chi connectivity index (χ3v) is 2.87. The molecule has 1 unspecified atom stereocenters. The molecule has 1 heterocycles. The Hall–Kier alpha value is -1.30. The molecule has 6 nitrogen and oxygen atoms in total. The number of carboxylic acids is 1.